The van der Waals surface area contributed by atoms with Gasteiger partial charge in [-0.3, -0.25) is 0 Å². The Morgan fingerprint density at radius 2 is 1.71 bits per heavy atom. The summed E-state index contributed by atoms with van der Waals surface area (Å²) in [5.41, 5.74) is 1.43. The van der Waals surface area contributed by atoms with Crippen molar-refractivity contribution < 1.29 is 28.7 Å². The van der Waals surface area contributed by atoms with Crippen LogP contribution in [0.3, 0.4) is 0 Å². The summed E-state index contributed by atoms with van der Waals surface area (Å²) in [4.78, 5) is 21.9. The molecule has 0 radical (unpaired) electrons. The van der Waals surface area contributed by atoms with E-state index in [0.29, 0.717) is 18.4 Å². The van der Waals surface area contributed by atoms with Gasteiger partial charge in [0.05, 0.1) is 0 Å². The lowest BCUT2D eigenvalue weighted by atomic mass is 9.97. The highest BCUT2D eigenvalue weighted by Crippen LogP contribution is 2.42. The van der Waals surface area contributed by atoms with Gasteiger partial charge in [0.2, 0.25) is 12.1 Å². The minimum atomic E-state index is -1.15. The summed E-state index contributed by atoms with van der Waals surface area (Å²) in [6, 6.07) is 15.3. The Hall–Kier alpha value is -1.83. The number of hydrogen-bond acceptors (Lipinski definition) is 5. The molecule has 2 aromatic carbocycles. The summed E-state index contributed by atoms with van der Waals surface area (Å²) in [6.07, 6.45) is 0.618. The maximum Gasteiger partial charge on any atom is 0.249 e. The molecule has 126 valence electrons. The van der Waals surface area contributed by atoms with E-state index in [1.165, 1.54) is 12.1 Å². The van der Waals surface area contributed by atoms with Gasteiger partial charge in [-0.2, -0.15) is 14.7 Å². The molecule has 0 unspecified atom stereocenters. The van der Waals surface area contributed by atoms with Crippen molar-refractivity contribution in [3.63, 3.8) is 0 Å². The molecule has 2 bridgehead atoms. The number of benzene rings is 2. The molecule has 0 saturated carbocycles. The molecule has 4 rings (SSSR count). The monoisotopic (exact) mass is 332 g/mol. The Bertz CT molecular complexity index is 678. The zero-order chi connectivity index (χ0) is 16.4. The Morgan fingerprint density at radius 1 is 0.917 bits per heavy atom. The van der Waals surface area contributed by atoms with Crippen molar-refractivity contribution in [1.29, 1.82) is 0 Å². The third-order valence-electron chi connectivity index (χ3n) is 4.14. The molecular formula is C18H17FO5. The summed E-state index contributed by atoms with van der Waals surface area (Å²) in [5, 5.41) is 0. The van der Waals surface area contributed by atoms with E-state index in [1.807, 2.05) is 30.3 Å². The van der Waals surface area contributed by atoms with Gasteiger partial charge in [0, 0.05) is 24.0 Å². The van der Waals surface area contributed by atoms with E-state index in [1.54, 1.807) is 12.1 Å². The molecular weight excluding hydrogens is 315 g/mol. The highest BCUT2D eigenvalue weighted by atomic mass is 19.1. The fourth-order valence-electron chi connectivity index (χ4n) is 2.90. The van der Waals surface area contributed by atoms with Crippen LogP contribution < -0.4 is 0 Å². The van der Waals surface area contributed by atoms with Crippen molar-refractivity contribution >= 4 is 0 Å². The Labute approximate surface area is 138 Å². The van der Waals surface area contributed by atoms with Gasteiger partial charge in [-0.15, -0.1) is 0 Å². The lowest BCUT2D eigenvalue weighted by molar-refractivity contribution is -0.593. The van der Waals surface area contributed by atoms with Crippen molar-refractivity contribution in [2.75, 3.05) is 0 Å². The van der Waals surface area contributed by atoms with Gasteiger partial charge in [0.25, 0.3) is 0 Å². The van der Waals surface area contributed by atoms with E-state index in [0.717, 1.165) is 12.0 Å². The van der Waals surface area contributed by atoms with Crippen molar-refractivity contribution in [1.82, 2.24) is 0 Å². The fraction of sp³-hybridized carbons (Fsp3) is 0.333. The summed E-state index contributed by atoms with van der Waals surface area (Å²) in [5.74, 6) is -1.47. The van der Waals surface area contributed by atoms with Gasteiger partial charge >= 0.3 is 0 Å². The number of rotatable bonds is 2. The second-order valence-corrected chi connectivity index (χ2v) is 5.81. The standard InChI is InChI=1S/C18H17FO5/c19-15-10-8-14(9-11-15)18-12-4-7-16(20-18)21-22-17(23-24-18)13-5-2-1-3-6-13/h1-3,5-6,8-11,16-17H,4,7,12H2/t16-,17+,18-/m1/s1. The van der Waals surface area contributed by atoms with Gasteiger partial charge in [-0.05, 0) is 18.6 Å². The topological polar surface area (TPSA) is 46.2 Å². The fourth-order valence-corrected chi connectivity index (χ4v) is 2.90. The molecule has 2 saturated heterocycles. The largest absolute Gasteiger partial charge is 0.311 e. The Morgan fingerprint density at radius 3 is 2.50 bits per heavy atom. The zero-order valence-corrected chi connectivity index (χ0v) is 12.9. The first-order valence-electron chi connectivity index (χ1n) is 7.91. The number of hydrogen-bond donors (Lipinski definition) is 0. The van der Waals surface area contributed by atoms with E-state index >= 15 is 0 Å². The van der Waals surface area contributed by atoms with Crippen LogP contribution in [0, 0.1) is 5.82 Å². The summed E-state index contributed by atoms with van der Waals surface area (Å²) in [7, 11) is 0. The van der Waals surface area contributed by atoms with E-state index in [4.69, 9.17) is 24.3 Å². The smallest absolute Gasteiger partial charge is 0.249 e. The Balaban J connectivity index is 1.63. The quantitative estimate of drug-likeness (QED) is 0.774. The van der Waals surface area contributed by atoms with Crippen LogP contribution in [-0.4, -0.2) is 6.29 Å². The van der Waals surface area contributed by atoms with Crippen LogP contribution in [0.1, 0.15) is 36.7 Å². The molecule has 2 heterocycles. The van der Waals surface area contributed by atoms with Crippen molar-refractivity contribution in [3.8, 4) is 0 Å². The molecule has 0 aliphatic carbocycles. The lowest BCUT2D eigenvalue weighted by Gasteiger charge is -2.41. The maximum absolute atomic E-state index is 13.2. The van der Waals surface area contributed by atoms with Gasteiger partial charge in [-0.25, -0.2) is 9.28 Å². The summed E-state index contributed by atoms with van der Waals surface area (Å²) < 4.78 is 19.2. The molecule has 0 amide bonds. The molecule has 0 aromatic heterocycles. The van der Waals surface area contributed by atoms with Crippen molar-refractivity contribution in [2.45, 2.75) is 37.6 Å². The number of fused-ring (bicyclic) bond motifs is 2. The lowest BCUT2D eigenvalue weighted by Crippen LogP contribution is -2.44. The molecule has 3 atom stereocenters. The van der Waals surface area contributed by atoms with Gasteiger partial charge in [0.1, 0.15) is 5.82 Å². The summed E-state index contributed by atoms with van der Waals surface area (Å²) in [6.45, 7) is 0. The normalized spacial score (nSPS) is 30.4. The first kappa shape index (κ1) is 15.7. The average molecular weight is 332 g/mol. The van der Waals surface area contributed by atoms with Crippen LogP contribution in [0.5, 0.6) is 0 Å². The minimum absolute atomic E-state index is 0.323. The average Bonchev–Trinajstić information content (AvgIpc) is 2.62. The molecule has 0 spiro atoms. The van der Waals surface area contributed by atoms with Crippen LogP contribution in [0.2, 0.25) is 0 Å². The van der Waals surface area contributed by atoms with Gasteiger partial charge in [0.15, 0.2) is 6.29 Å². The maximum atomic E-state index is 13.2. The molecule has 2 aliphatic rings. The van der Waals surface area contributed by atoms with Crippen molar-refractivity contribution in [2.24, 2.45) is 0 Å². The van der Waals surface area contributed by atoms with E-state index in [-0.39, 0.29) is 5.82 Å². The van der Waals surface area contributed by atoms with Crippen molar-refractivity contribution in [3.05, 3.63) is 71.5 Å². The second kappa shape index (κ2) is 6.58. The van der Waals surface area contributed by atoms with Crippen LogP contribution in [0.4, 0.5) is 4.39 Å². The Kier molecular flexibility index (Phi) is 4.30. The van der Waals surface area contributed by atoms with Gasteiger partial charge < -0.3 is 4.74 Å². The molecule has 24 heavy (non-hydrogen) atoms. The van der Waals surface area contributed by atoms with E-state index < -0.39 is 18.4 Å². The third-order valence-corrected chi connectivity index (χ3v) is 4.14. The number of halogens is 1. The molecule has 2 aliphatic heterocycles. The molecule has 2 aromatic rings. The van der Waals surface area contributed by atoms with Crippen LogP contribution >= 0.6 is 0 Å². The molecule has 6 heteroatoms. The highest BCUT2D eigenvalue weighted by molar-refractivity contribution is 5.22. The van der Waals surface area contributed by atoms with Crippen LogP contribution in [-0.2, 0) is 30.1 Å². The predicted molar refractivity (Wildman–Crippen MR) is 80.3 cm³/mol. The van der Waals surface area contributed by atoms with Crippen LogP contribution in [0.15, 0.2) is 54.6 Å². The van der Waals surface area contributed by atoms with Crippen LogP contribution in [0.25, 0.3) is 0 Å². The first-order valence-corrected chi connectivity index (χ1v) is 7.91. The minimum Gasteiger partial charge on any atom is -0.311 e. The summed E-state index contributed by atoms with van der Waals surface area (Å²) >= 11 is 0. The van der Waals surface area contributed by atoms with Gasteiger partial charge in [-0.1, -0.05) is 42.5 Å². The zero-order valence-electron chi connectivity index (χ0n) is 12.9. The molecule has 5 nitrogen and oxygen atoms in total. The predicted octanol–water partition coefficient (Wildman–Crippen LogP) is 4.11. The number of ether oxygens (including phenoxy) is 1. The molecule has 2 fully saturated rings. The second-order valence-electron chi connectivity index (χ2n) is 5.81. The first-order chi connectivity index (χ1) is 11.8. The van der Waals surface area contributed by atoms with E-state index in [9.17, 15) is 4.39 Å². The third kappa shape index (κ3) is 3.07. The van der Waals surface area contributed by atoms with E-state index in [2.05, 4.69) is 0 Å². The SMILES string of the molecule is Fc1ccc([C@@]23CCC[C@@H](OO[C@H](c4ccccc4)OO2)O3)cc1. The molecule has 0 N–H and O–H groups in total. The highest BCUT2D eigenvalue weighted by Gasteiger charge is 2.45.